The molecular weight excluding hydrogens is 366 g/mol. The average molecular weight is 383 g/mol. The predicted molar refractivity (Wildman–Crippen MR) is 111 cm³/mol. The van der Waals surface area contributed by atoms with Crippen LogP contribution < -0.4 is 11.2 Å². The minimum absolute atomic E-state index is 0.298. The van der Waals surface area contributed by atoms with Crippen molar-refractivity contribution in [1.29, 1.82) is 0 Å². The van der Waals surface area contributed by atoms with Crippen molar-refractivity contribution >= 4 is 11.0 Å². The molecule has 7 nitrogen and oxygen atoms in total. The monoisotopic (exact) mass is 383 g/mol. The summed E-state index contributed by atoms with van der Waals surface area (Å²) in [5, 5.41) is 5.53. The van der Waals surface area contributed by atoms with Crippen LogP contribution in [0.5, 0.6) is 0 Å². The van der Waals surface area contributed by atoms with Gasteiger partial charge in [-0.2, -0.15) is 10.1 Å². The van der Waals surface area contributed by atoms with E-state index in [0.29, 0.717) is 11.4 Å². The van der Waals surface area contributed by atoms with Gasteiger partial charge in [-0.05, 0) is 44.2 Å². The van der Waals surface area contributed by atoms with Crippen LogP contribution in [0.25, 0.3) is 33.8 Å². The van der Waals surface area contributed by atoms with Gasteiger partial charge in [0, 0.05) is 11.1 Å². The van der Waals surface area contributed by atoms with Crippen LogP contribution in [0.3, 0.4) is 0 Å². The molecule has 0 unspecified atom stereocenters. The summed E-state index contributed by atoms with van der Waals surface area (Å²) in [6.07, 6.45) is 0. The van der Waals surface area contributed by atoms with Crippen LogP contribution in [0.2, 0.25) is 0 Å². The van der Waals surface area contributed by atoms with E-state index in [1.54, 1.807) is 6.07 Å². The summed E-state index contributed by atoms with van der Waals surface area (Å²) < 4.78 is 3.64. The van der Waals surface area contributed by atoms with Crippen molar-refractivity contribution in [2.24, 2.45) is 0 Å². The lowest BCUT2D eigenvalue weighted by Crippen LogP contribution is -2.27. The second-order valence-corrected chi connectivity index (χ2v) is 6.99. The number of aromatic amines is 1. The van der Waals surface area contributed by atoms with Gasteiger partial charge in [0.1, 0.15) is 5.65 Å². The van der Waals surface area contributed by atoms with Crippen LogP contribution in [0, 0.1) is 13.8 Å². The van der Waals surface area contributed by atoms with E-state index >= 15 is 0 Å². The first kappa shape index (κ1) is 17.1. The number of benzene rings is 2. The fraction of sp³-hybridized carbons (Fsp3) is 0.0909. The molecule has 0 aliphatic carbocycles. The largest absolute Gasteiger partial charge is 0.349 e. The van der Waals surface area contributed by atoms with Crippen LogP contribution in [-0.2, 0) is 0 Å². The lowest BCUT2D eigenvalue weighted by molar-refractivity contribution is 0.851. The fourth-order valence-electron chi connectivity index (χ4n) is 3.59. The third kappa shape index (κ3) is 2.67. The summed E-state index contributed by atoms with van der Waals surface area (Å²) in [6, 6.07) is 19.3. The van der Waals surface area contributed by atoms with E-state index in [1.165, 1.54) is 0 Å². The SMILES string of the molecule is Cc1ccc(-n2c3nc(=O)[nH]c(=O)c-3cc3c(C)nn(-c4ccccc4)c32)cc1. The van der Waals surface area contributed by atoms with Crippen molar-refractivity contribution in [2.45, 2.75) is 13.8 Å². The van der Waals surface area contributed by atoms with Gasteiger partial charge in [-0.15, -0.1) is 0 Å². The van der Waals surface area contributed by atoms with E-state index in [0.717, 1.165) is 33.7 Å². The highest BCUT2D eigenvalue weighted by Crippen LogP contribution is 2.31. The van der Waals surface area contributed by atoms with Gasteiger partial charge < -0.3 is 0 Å². The van der Waals surface area contributed by atoms with E-state index in [2.05, 4.69) is 9.97 Å². The average Bonchev–Trinajstić information content (AvgIpc) is 3.04. The highest BCUT2D eigenvalue weighted by Gasteiger charge is 2.23. The van der Waals surface area contributed by atoms with Crippen molar-refractivity contribution in [3.63, 3.8) is 0 Å². The number of hydrogen-bond donors (Lipinski definition) is 1. The Labute approximate surface area is 165 Å². The number of pyridine rings is 1. The highest BCUT2D eigenvalue weighted by atomic mass is 16.2. The third-order valence-corrected chi connectivity index (χ3v) is 5.00. The lowest BCUT2D eigenvalue weighted by atomic mass is 10.1. The molecule has 0 amide bonds. The molecule has 0 bridgehead atoms. The van der Waals surface area contributed by atoms with Crippen LogP contribution in [-0.4, -0.2) is 24.3 Å². The first-order chi connectivity index (χ1) is 14.0. The fourth-order valence-corrected chi connectivity index (χ4v) is 3.59. The summed E-state index contributed by atoms with van der Waals surface area (Å²) in [6.45, 7) is 3.90. The van der Waals surface area contributed by atoms with Gasteiger partial charge in [-0.3, -0.25) is 14.3 Å². The third-order valence-electron chi connectivity index (χ3n) is 5.00. The van der Waals surface area contributed by atoms with E-state index in [-0.39, 0.29) is 0 Å². The molecule has 0 atom stereocenters. The molecule has 2 aliphatic rings. The molecular formula is C22H17N5O2. The minimum atomic E-state index is -0.676. The number of H-pyrrole nitrogens is 1. The number of aryl methyl sites for hydroxylation is 2. The standard InChI is InChI=1S/C22H17N5O2/c1-13-8-10-15(11-9-13)26-19-18(20(28)24-22(29)23-19)12-17-14(2)25-27(21(17)26)16-6-4-3-5-7-16/h3-12H,1-2H3,(H,24,28,29). The van der Waals surface area contributed by atoms with Gasteiger partial charge in [0.25, 0.3) is 5.56 Å². The van der Waals surface area contributed by atoms with Gasteiger partial charge in [0.05, 0.1) is 16.9 Å². The normalized spacial score (nSPS) is 11.4. The topological polar surface area (TPSA) is 85.6 Å². The molecule has 5 rings (SSSR count). The van der Waals surface area contributed by atoms with E-state index in [4.69, 9.17) is 5.10 Å². The molecule has 142 valence electrons. The van der Waals surface area contributed by atoms with Gasteiger partial charge in [0.2, 0.25) is 0 Å². The quantitative estimate of drug-likeness (QED) is 0.508. The summed E-state index contributed by atoms with van der Waals surface area (Å²) in [5.41, 5.74) is 3.49. The number of aromatic nitrogens is 5. The molecule has 2 aromatic carbocycles. The van der Waals surface area contributed by atoms with Crippen molar-refractivity contribution in [1.82, 2.24) is 24.3 Å². The number of fused-ring (bicyclic) bond motifs is 2. The molecule has 0 saturated carbocycles. The molecule has 2 aliphatic heterocycles. The predicted octanol–water partition coefficient (Wildman–Crippen LogP) is 2.98. The Morgan fingerprint density at radius 2 is 1.62 bits per heavy atom. The van der Waals surface area contributed by atoms with Crippen LogP contribution in [0.1, 0.15) is 11.3 Å². The molecule has 1 aromatic heterocycles. The summed E-state index contributed by atoms with van der Waals surface area (Å²) in [5.74, 6) is 0.298. The van der Waals surface area contributed by atoms with Crippen LogP contribution in [0.15, 0.2) is 70.3 Å². The van der Waals surface area contributed by atoms with Gasteiger partial charge in [0.15, 0.2) is 5.82 Å². The molecule has 1 N–H and O–H groups in total. The van der Waals surface area contributed by atoms with Crippen molar-refractivity contribution in [3.05, 3.63) is 92.8 Å². The minimum Gasteiger partial charge on any atom is -0.278 e. The molecule has 0 radical (unpaired) electrons. The zero-order chi connectivity index (χ0) is 20.1. The molecule has 7 heteroatoms. The lowest BCUT2D eigenvalue weighted by Gasteiger charge is -2.17. The zero-order valence-corrected chi connectivity index (χ0v) is 15.9. The first-order valence-corrected chi connectivity index (χ1v) is 9.21. The highest BCUT2D eigenvalue weighted by molar-refractivity contribution is 5.88. The van der Waals surface area contributed by atoms with Crippen LogP contribution in [0.4, 0.5) is 0 Å². The van der Waals surface area contributed by atoms with E-state index in [9.17, 15) is 9.59 Å². The van der Waals surface area contributed by atoms with Gasteiger partial charge in [-0.1, -0.05) is 35.9 Å². The maximum atomic E-state index is 12.5. The maximum Gasteiger partial charge on any atom is 0.349 e. The maximum absolute atomic E-state index is 12.5. The molecule has 29 heavy (non-hydrogen) atoms. The molecule has 0 spiro atoms. The Balaban J connectivity index is 2.03. The van der Waals surface area contributed by atoms with E-state index < -0.39 is 11.2 Å². The molecule has 3 heterocycles. The van der Waals surface area contributed by atoms with Gasteiger partial charge >= 0.3 is 5.69 Å². The second kappa shape index (κ2) is 6.27. The molecule has 3 aromatic rings. The number of nitrogens with zero attached hydrogens (tertiary/aromatic N) is 4. The Hall–Kier alpha value is -4.00. The van der Waals surface area contributed by atoms with Gasteiger partial charge in [-0.25, -0.2) is 9.48 Å². The molecule has 0 fully saturated rings. The number of rotatable bonds is 2. The Kier molecular flexibility index (Phi) is 3.70. The zero-order valence-electron chi connectivity index (χ0n) is 15.9. The van der Waals surface area contributed by atoms with Crippen molar-refractivity contribution in [2.75, 3.05) is 0 Å². The van der Waals surface area contributed by atoms with Crippen molar-refractivity contribution in [3.8, 4) is 22.8 Å². The number of hydrogen-bond acceptors (Lipinski definition) is 4. The number of nitrogens with one attached hydrogen (secondary N) is 1. The smallest absolute Gasteiger partial charge is 0.278 e. The Morgan fingerprint density at radius 1 is 0.897 bits per heavy atom. The van der Waals surface area contributed by atoms with Crippen molar-refractivity contribution < 1.29 is 0 Å². The first-order valence-electron chi connectivity index (χ1n) is 9.21. The number of para-hydroxylation sites is 1. The second-order valence-electron chi connectivity index (χ2n) is 6.99. The Bertz CT molecular complexity index is 1440. The Morgan fingerprint density at radius 3 is 2.34 bits per heavy atom. The summed E-state index contributed by atoms with van der Waals surface area (Å²) in [7, 11) is 0. The molecule has 0 saturated heterocycles. The summed E-state index contributed by atoms with van der Waals surface area (Å²) in [4.78, 5) is 31.0. The van der Waals surface area contributed by atoms with E-state index in [1.807, 2.05) is 77.7 Å². The summed E-state index contributed by atoms with van der Waals surface area (Å²) >= 11 is 0. The van der Waals surface area contributed by atoms with Crippen LogP contribution >= 0.6 is 0 Å².